The van der Waals surface area contributed by atoms with E-state index in [2.05, 4.69) is 15.5 Å². The van der Waals surface area contributed by atoms with Crippen LogP contribution in [-0.2, 0) is 30.6 Å². The number of nitrogens with zero attached hydrogens (tertiary/aromatic N) is 3. The van der Waals surface area contributed by atoms with Gasteiger partial charge in [0.25, 0.3) is 0 Å². The Hall–Kier alpha value is -2.87. The van der Waals surface area contributed by atoms with Crippen LogP contribution >= 0.6 is 11.8 Å². The number of rotatable bonds is 9. The maximum absolute atomic E-state index is 13.0. The lowest BCUT2D eigenvalue weighted by molar-refractivity contribution is -0.121. The zero-order valence-corrected chi connectivity index (χ0v) is 17.2. The zero-order chi connectivity index (χ0) is 20.6. The first-order valence-electron chi connectivity index (χ1n) is 9.21. The molecule has 2 aromatic carbocycles. The molecule has 29 heavy (non-hydrogen) atoms. The molecule has 0 unspecified atom stereocenters. The van der Waals surface area contributed by atoms with Crippen LogP contribution in [0.5, 0.6) is 5.75 Å². The number of thioether (sulfide) groups is 1. The number of carbonyl (C=O) groups is 1. The first kappa shape index (κ1) is 20.9. The van der Waals surface area contributed by atoms with Gasteiger partial charge in [0.05, 0.1) is 13.7 Å². The lowest BCUT2D eigenvalue weighted by Crippen LogP contribution is -2.24. The molecule has 0 aliphatic heterocycles. The van der Waals surface area contributed by atoms with Crippen LogP contribution < -0.4 is 10.1 Å². The van der Waals surface area contributed by atoms with Gasteiger partial charge >= 0.3 is 0 Å². The molecule has 3 rings (SSSR count). The van der Waals surface area contributed by atoms with E-state index >= 15 is 0 Å². The van der Waals surface area contributed by atoms with E-state index < -0.39 is 0 Å². The summed E-state index contributed by atoms with van der Waals surface area (Å²) in [5, 5.41) is 12.0. The van der Waals surface area contributed by atoms with Gasteiger partial charge in [0.1, 0.15) is 11.6 Å². The molecule has 3 aromatic rings. The Morgan fingerprint density at radius 2 is 1.93 bits per heavy atom. The maximum atomic E-state index is 13.0. The third-order valence-corrected chi connectivity index (χ3v) is 5.56. The number of hydrogen-bond acceptors (Lipinski definition) is 5. The summed E-state index contributed by atoms with van der Waals surface area (Å²) < 4.78 is 20.2. The second-order valence-corrected chi connectivity index (χ2v) is 7.40. The number of aromatic nitrogens is 3. The summed E-state index contributed by atoms with van der Waals surface area (Å²) in [6.07, 6.45) is 0.970. The van der Waals surface area contributed by atoms with Crippen molar-refractivity contribution in [2.75, 3.05) is 7.11 Å². The lowest BCUT2D eigenvalue weighted by Gasteiger charge is -2.09. The summed E-state index contributed by atoms with van der Waals surface area (Å²) >= 11 is 1.51. The van der Waals surface area contributed by atoms with Crippen LogP contribution in [0.4, 0.5) is 4.39 Å². The van der Waals surface area contributed by atoms with Crippen LogP contribution in [0.1, 0.15) is 23.4 Å². The number of para-hydroxylation sites is 1. The molecule has 0 aliphatic carbocycles. The van der Waals surface area contributed by atoms with Crippen molar-refractivity contribution in [1.29, 1.82) is 0 Å². The molecular formula is C21H23FN4O2S. The Kier molecular flexibility index (Phi) is 7.24. The highest BCUT2D eigenvalue weighted by Crippen LogP contribution is 2.21. The molecule has 1 aromatic heterocycles. The first-order chi connectivity index (χ1) is 14.1. The highest BCUT2D eigenvalue weighted by molar-refractivity contribution is 7.98. The summed E-state index contributed by atoms with van der Waals surface area (Å²) in [5.41, 5.74) is 2.01. The number of amides is 1. The Labute approximate surface area is 173 Å². The van der Waals surface area contributed by atoms with Gasteiger partial charge in [-0.1, -0.05) is 42.1 Å². The SMILES string of the molecule is COc1ccccc1CCC(=O)NCc1nnc(SCc2ccc(F)cc2)n1C. The second kappa shape index (κ2) is 10.1. The number of benzene rings is 2. The van der Waals surface area contributed by atoms with Crippen molar-refractivity contribution < 1.29 is 13.9 Å². The Morgan fingerprint density at radius 3 is 2.69 bits per heavy atom. The van der Waals surface area contributed by atoms with E-state index in [1.54, 1.807) is 19.2 Å². The summed E-state index contributed by atoms with van der Waals surface area (Å²) in [6.45, 7) is 0.311. The second-order valence-electron chi connectivity index (χ2n) is 6.46. The normalized spacial score (nSPS) is 10.7. The molecule has 0 spiro atoms. The van der Waals surface area contributed by atoms with Crippen LogP contribution in [0, 0.1) is 5.82 Å². The minimum Gasteiger partial charge on any atom is -0.496 e. The van der Waals surface area contributed by atoms with Gasteiger partial charge in [0.15, 0.2) is 11.0 Å². The van der Waals surface area contributed by atoms with Crippen molar-refractivity contribution in [2.24, 2.45) is 7.05 Å². The number of aryl methyl sites for hydroxylation is 1. The van der Waals surface area contributed by atoms with Crippen molar-refractivity contribution in [3.05, 3.63) is 71.3 Å². The monoisotopic (exact) mass is 414 g/mol. The van der Waals surface area contributed by atoms with Crippen LogP contribution in [0.15, 0.2) is 53.7 Å². The van der Waals surface area contributed by atoms with E-state index in [-0.39, 0.29) is 11.7 Å². The summed E-state index contributed by atoms with van der Waals surface area (Å²) in [7, 11) is 3.49. The van der Waals surface area contributed by atoms with Crippen molar-refractivity contribution >= 4 is 17.7 Å². The summed E-state index contributed by atoms with van der Waals surface area (Å²) in [5.74, 6) is 1.83. The quantitative estimate of drug-likeness (QED) is 0.543. The van der Waals surface area contributed by atoms with Gasteiger partial charge in [0, 0.05) is 19.2 Å². The van der Waals surface area contributed by atoms with E-state index in [1.165, 1.54) is 23.9 Å². The van der Waals surface area contributed by atoms with Gasteiger partial charge in [-0.05, 0) is 35.7 Å². The lowest BCUT2D eigenvalue weighted by atomic mass is 10.1. The number of nitrogens with one attached hydrogen (secondary N) is 1. The molecule has 6 nitrogen and oxygen atoms in total. The van der Waals surface area contributed by atoms with E-state index in [0.717, 1.165) is 22.0 Å². The van der Waals surface area contributed by atoms with Gasteiger partial charge in [-0.25, -0.2) is 4.39 Å². The third kappa shape index (κ3) is 5.80. The molecule has 8 heteroatoms. The molecule has 0 saturated carbocycles. The van der Waals surface area contributed by atoms with E-state index in [1.807, 2.05) is 35.9 Å². The Morgan fingerprint density at radius 1 is 1.17 bits per heavy atom. The minimum absolute atomic E-state index is 0.0561. The molecule has 1 amide bonds. The Balaban J connectivity index is 1.48. The third-order valence-electron chi connectivity index (χ3n) is 4.46. The van der Waals surface area contributed by atoms with Gasteiger partial charge in [-0.15, -0.1) is 10.2 Å². The van der Waals surface area contributed by atoms with Crippen LogP contribution in [0.25, 0.3) is 0 Å². The average molecular weight is 415 g/mol. The fourth-order valence-corrected chi connectivity index (χ4v) is 3.66. The first-order valence-corrected chi connectivity index (χ1v) is 10.2. The standard InChI is InChI=1S/C21H23FN4O2S/c1-26-19(24-25-21(26)29-14-15-7-10-17(22)11-8-15)13-23-20(27)12-9-16-5-3-4-6-18(16)28-2/h3-8,10-11H,9,12-14H2,1-2H3,(H,23,27). The zero-order valence-electron chi connectivity index (χ0n) is 16.4. The molecule has 0 atom stereocenters. The van der Waals surface area contributed by atoms with Crippen molar-refractivity contribution in [3.8, 4) is 5.75 Å². The minimum atomic E-state index is -0.249. The average Bonchev–Trinajstić information content (AvgIpc) is 3.10. The Bertz CT molecular complexity index is 960. The van der Waals surface area contributed by atoms with Gasteiger partial charge < -0.3 is 14.6 Å². The molecule has 0 saturated heterocycles. The van der Waals surface area contributed by atoms with E-state index in [4.69, 9.17) is 4.74 Å². The molecule has 152 valence electrons. The molecular weight excluding hydrogens is 391 g/mol. The van der Waals surface area contributed by atoms with Crippen LogP contribution in [-0.4, -0.2) is 27.8 Å². The molecule has 0 radical (unpaired) electrons. The molecule has 0 fully saturated rings. The number of carbonyl (C=O) groups excluding carboxylic acids is 1. The maximum Gasteiger partial charge on any atom is 0.220 e. The molecule has 0 bridgehead atoms. The van der Waals surface area contributed by atoms with Crippen LogP contribution in [0.2, 0.25) is 0 Å². The van der Waals surface area contributed by atoms with E-state index in [0.29, 0.717) is 31.0 Å². The number of hydrogen-bond donors (Lipinski definition) is 1. The predicted molar refractivity (Wildman–Crippen MR) is 110 cm³/mol. The van der Waals surface area contributed by atoms with Gasteiger partial charge in [-0.2, -0.15) is 0 Å². The number of ether oxygens (including phenoxy) is 1. The van der Waals surface area contributed by atoms with Gasteiger partial charge in [0.2, 0.25) is 5.91 Å². The fourth-order valence-electron chi connectivity index (χ4n) is 2.78. The van der Waals surface area contributed by atoms with Crippen molar-refractivity contribution in [3.63, 3.8) is 0 Å². The topological polar surface area (TPSA) is 69.0 Å². The molecule has 1 N–H and O–H groups in total. The predicted octanol–water partition coefficient (Wildman–Crippen LogP) is 3.50. The highest BCUT2D eigenvalue weighted by atomic mass is 32.2. The summed E-state index contributed by atoms with van der Waals surface area (Å²) in [4.78, 5) is 12.2. The smallest absolute Gasteiger partial charge is 0.220 e. The fraction of sp³-hybridized carbons (Fsp3) is 0.286. The number of halogens is 1. The highest BCUT2D eigenvalue weighted by Gasteiger charge is 2.11. The largest absolute Gasteiger partial charge is 0.496 e. The summed E-state index contributed by atoms with van der Waals surface area (Å²) in [6, 6.07) is 14.1. The van der Waals surface area contributed by atoms with Crippen LogP contribution in [0.3, 0.4) is 0 Å². The van der Waals surface area contributed by atoms with Crippen molar-refractivity contribution in [1.82, 2.24) is 20.1 Å². The number of methoxy groups -OCH3 is 1. The molecule has 0 aliphatic rings. The molecule has 1 heterocycles. The van der Waals surface area contributed by atoms with Gasteiger partial charge in [-0.3, -0.25) is 4.79 Å². The van der Waals surface area contributed by atoms with Crippen molar-refractivity contribution in [2.45, 2.75) is 30.3 Å². The van der Waals surface area contributed by atoms with E-state index in [9.17, 15) is 9.18 Å².